The molecule has 101 heavy (non-hydrogen) atoms. The number of nitrogens with two attached hydrogens (primary N) is 5. The van der Waals surface area contributed by atoms with Crippen LogP contribution in [0.2, 0.25) is 0 Å². The smallest absolute Gasteiger partial charge is 0.340 e. The van der Waals surface area contributed by atoms with Gasteiger partial charge in [-0.2, -0.15) is 0 Å². The number of esters is 1. The summed E-state index contributed by atoms with van der Waals surface area (Å²) in [5.74, 6) is -11.6. The van der Waals surface area contributed by atoms with Crippen LogP contribution in [0.25, 0.3) is 0 Å². The normalized spacial score (nSPS) is 19.0. The first-order chi connectivity index (χ1) is 47.8. The largest absolute Gasteiger partial charge is 0.508 e. The molecule has 0 aliphatic carbocycles. The quantitative estimate of drug-likeness (QED) is 0.0137. The Labute approximate surface area is 594 Å². The topological polar surface area (TPSA) is 514 Å². The summed E-state index contributed by atoms with van der Waals surface area (Å²) >= 11 is 0. The lowest BCUT2D eigenvalue weighted by atomic mass is 9.77. The van der Waals surface area contributed by atoms with Crippen molar-refractivity contribution in [2.75, 3.05) is 24.6 Å². The first kappa shape index (κ1) is 80.6. The van der Waals surface area contributed by atoms with E-state index < -0.39 is 137 Å². The van der Waals surface area contributed by atoms with Crippen molar-refractivity contribution in [1.82, 2.24) is 47.9 Å². The molecule has 1 saturated heterocycles. The molecule has 6 rings (SSSR count). The summed E-state index contributed by atoms with van der Waals surface area (Å²) in [6, 6.07) is 0.575. The molecule has 21 N–H and O–H groups in total. The summed E-state index contributed by atoms with van der Waals surface area (Å²) in [5, 5.41) is 45.6. The molecule has 0 aromatic heterocycles. The van der Waals surface area contributed by atoms with E-state index in [1.54, 1.807) is 41.5 Å². The van der Waals surface area contributed by atoms with Gasteiger partial charge in [0.2, 0.25) is 59.1 Å². The van der Waals surface area contributed by atoms with Crippen LogP contribution in [0.15, 0.2) is 59.6 Å². The highest BCUT2D eigenvalue weighted by atomic mass is 33.1. The second-order valence-corrected chi connectivity index (χ2v) is 29.3. The number of fused-ring (bicyclic) bond motifs is 6. The molecule has 31 nitrogen and oxygen atoms in total. The molecule has 0 bridgehead atoms. The van der Waals surface area contributed by atoms with Crippen molar-refractivity contribution in [3.63, 3.8) is 0 Å². The van der Waals surface area contributed by atoms with Gasteiger partial charge in [0.15, 0.2) is 11.6 Å². The van der Waals surface area contributed by atoms with Crippen LogP contribution >= 0.6 is 21.6 Å². The summed E-state index contributed by atoms with van der Waals surface area (Å²) in [6.07, 6.45) is 0.829. The maximum absolute atomic E-state index is 14.9. The van der Waals surface area contributed by atoms with Crippen molar-refractivity contribution in [2.45, 2.75) is 186 Å². The second-order valence-electron chi connectivity index (χ2n) is 26.7. The van der Waals surface area contributed by atoms with E-state index in [-0.39, 0.29) is 139 Å². The number of nitrogens with zero attached hydrogens (tertiary/aromatic N) is 1. The van der Waals surface area contributed by atoms with Gasteiger partial charge in [0.1, 0.15) is 77.4 Å². The predicted octanol–water partition coefficient (Wildman–Crippen LogP) is 1.16. The Morgan fingerprint density at radius 3 is 1.75 bits per heavy atom. The number of hydrogen-bond donors (Lipinski definition) is 16. The van der Waals surface area contributed by atoms with Gasteiger partial charge >= 0.3 is 5.97 Å². The third-order valence-electron chi connectivity index (χ3n) is 17.2. The van der Waals surface area contributed by atoms with Crippen LogP contribution in [0.4, 0.5) is 0 Å². The Bertz CT molecular complexity index is 3520. The van der Waals surface area contributed by atoms with Crippen molar-refractivity contribution in [3.05, 3.63) is 82.4 Å². The van der Waals surface area contributed by atoms with E-state index in [2.05, 4.69) is 52.8 Å². The fraction of sp³-hybridized carbons (Fsp3) is 0.544. The highest BCUT2D eigenvalue weighted by Crippen LogP contribution is 2.57. The first-order valence-electron chi connectivity index (χ1n) is 33.8. The Hall–Kier alpha value is -9.37. The number of guanidine groups is 1. The average Bonchev–Trinajstić information content (AvgIpc) is 1.60. The van der Waals surface area contributed by atoms with Crippen molar-refractivity contribution in [1.29, 1.82) is 0 Å². The van der Waals surface area contributed by atoms with Gasteiger partial charge in [-0.15, -0.1) is 0 Å². The minimum Gasteiger partial charge on any atom is -0.508 e. The Morgan fingerprint density at radius 1 is 0.624 bits per heavy atom. The number of rotatable bonds is 32. The van der Waals surface area contributed by atoms with Gasteiger partial charge in [-0.25, -0.2) is 4.79 Å². The lowest BCUT2D eigenvalue weighted by molar-refractivity contribution is -0.136. The summed E-state index contributed by atoms with van der Waals surface area (Å²) < 4.78 is 12.3. The summed E-state index contributed by atoms with van der Waals surface area (Å²) in [7, 11) is 2.04. The van der Waals surface area contributed by atoms with E-state index in [4.69, 9.17) is 38.1 Å². The van der Waals surface area contributed by atoms with E-state index in [1.807, 2.05) is 13.8 Å². The zero-order valence-corrected chi connectivity index (χ0v) is 59.7. The van der Waals surface area contributed by atoms with Gasteiger partial charge in [0.05, 0.1) is 5.56 Å². The molecule has 0 unspecified atom stereocenters. The molecule has 3 aliphatic heterocycles. The molecule has 33 heteroatoms. The molecular formula is C68H97N15O16S2. The minimum atomic E-state index is -1.73. The van der Waals surface area contributed by atoms with E-state index in [9.17, 15) is 67.7 Å². The van der Waals surface area contributed by atoms with E-state index in [0.717, 1.165) is 21.6 Å². The highest BCUT2D eigenvalue weighted by Gasteiger charge is 2.54. The van der Waals surface area contributed by atoms with Gasteiger partial charge in [0, 0.05) is 58.9 Å². The number of hydrogen-bond acceptors (Lipinski definition) is 20. The van der Waals surface area contributed by atoms with Crippen LogP contribution < -0.4 is 81.3 Å². The van der Waals surface area contributed by atoms with E-state index in [0.29, 0.717) is 30.4 Å². The number of unbranched alkanes of at least 4 members (excludes halogenated alkanes) is 1. The van der Waals surface area contributed by atoms with Gasteiger partial charge in [-0.05, 0) is 130 Å². The number of carbonyl (C=O) groups is 12. The zero-order valence-electron chi connectivity index (χ0n) is 58.1. The Morgan fingerprint density at radius 2 is 1.20 bits per heavy atom. The lowest BCUT2D eigenvalue weighted by Gasteiger charge is -2.36. The van der Waals surface area contributed by atoms with Crippen molar-refractivity contribution in [3.8, 4) is 23.0 Å². The van der Waals surface area contributed by atoms with Gasteiger partial charge < -0.3 is 96.2 Å². The van der Waals surface area contributed by atoms with Crippen LogP contribution in [0.5, 0.6) is 23.0 Å². The van der Waals surface area contributed by atoms with Crippen LogP contribution in [0, 0.1) is 23.7 Å². The molecule has 0 saturated carbocycles. The van der Waals surface area contributed by atoms with Crippen LogP contribution in [0.3, 0.4) is 0 Å². The number of primary amides is 2. The standard InChI is InChI=1S/C68H97N15O16S2/c1-9-36(8)55-65(96)80-49(27-35(6)7)62(93)82-50(63(94)77-46(14-12-24-74-67(72)73)58(89)78-48(26-34(4)5)61(92)79-47(25-33(2)3)60(91)75-44(56(71)87)21-22-54(70)86)31-100-101-32-51(64(95)83-55)81-59(90)45(13-10-11-23-69)76-57(88)37-15-18-40-43(28-37)68(99-66(40)97)41-19-16-38(84)29-52(41)98-53-30-39(85)17-20-42(53)68/h15-20,28-30,33-36,44-51,55,84-85H,9-14,21-27,31-32,69H2,1-8H3,(H2,70,86)(H2,71,87)(H,75,91)(H,76,88)(H,77,94)(H,78,89)(H,79,92)(H,80,96)(H,81,90)(H,82,93)(H,83,95)(H4,72,73,74)/t36-,44-,45-,46-,47-,48-,49-,50-,51+,55-/m0/s1. The third-order valence-corrected chi connectivity index (χ3v) is 19.6. The van der Waals surface area contributed by atoms with Crippen LogP contribution in [0.1, 0.15) is 163 Å². The predicted molar refractivity (Wildman–Crippen MR) is 378 cm³/mol. The van der Waals surface area contributed by atoms with Crippen molar-refractivity contribution >= 4 is 98.5 Å². The van der Waals surface area contributed by atoms with Crippen LogP contribution in [-0.2, 0) is 58.3 Å². The molecular weight excluding hydrogens is 1350 g/mol. The number of carbonyl (C=O) groups excluding carboxylic acids is 12. The Balaban J connectivity index is 1.29. The lowest BCUT2D eigenvalue weighted by Crippen LogP contribution is -2.62. The van der Waals surface area contributed by atoms with Crippen molar-refractivity contribution in [2.24, 2.45) is 57.3 Å². The fourth-order valence-corrected chi connectivity index (χ4v) is 14.1. The molecule has 3 aromatic carbocycles. The maximum atomic E-state index is 14.9. The Kier molecular flexibility index (Phi) is 29.8. The second kappa shape index (κ2) is 37.3. The SMILES string of the molecule is CC[C@H](C)[C@@H]1NC(=O)[C@H](NC(=O)[C@H](CCCCN)NC(=O)c2ccc3c(c2)C2(OC3=O)c3ccc(O)cc3Oc3cc(O)ccc32)CSSC[C@@H](C(=O)N[C@@H](CCCN=C(N)N)C(=O)N[C@@H](CC(C)C)C(=O)N[C@@H](CC(C)C)C(=O)N[C@@H](CCC(N)=O)C(N)=O)NC(=O)[C@H](CC(C)C)NC1=O. The monoisotopic (exact) mass is 1440 g/mol. The molecule has 1 fully saturated rings. The number of aromatic hydroxyl groups is 2. The van der Waals surface area contributed by atoms with Gasteiger partial charge in [0.25, 0.3) is 5.91 Å². The number of aliphatic imine (C=N–C) groups is 1. The molecule has 3 aliphatic rings. The highest BCUT2D eigenvalue weighted by molar-refractivity contribution is 8.76. The average molecular weight is 1440 g/mol. The molecule has 3 heterocycles. The van der Waals surface area contributed by atoms with E-state index in [1.165, 1.54) is 54.6 Å². The van der Waals surface area contributed by atoms with Crippen molar-refractivity contribution < 1.29 is 77.2 Å². The van der Waals surface area contributed by atoms with Crippen LogP contribution in [-0.4, -0.2) is 166 Å². The third kappa shape index (κ3) is 22.3. The molecule has 10 atom stereocenters. The molecule has 552 valence electrons. The minimum absolute atomic E-state index is 0.000612. The maximum Gasteiger partial charge on any atom is 0.340 e. The van der Waals surface area contributed by atoms with Gasteiger partial charge in [-0.3, -0.25) is 57.7 Å². The molecule has 3 aromatic rings. The summed E-state index contributed by atoms with van der Waals surface area (Å²) in [5.41, 5.74) is 27.1. The number of phenols is 2. The van der Waals surface area contributed by atoms with Gasteiger partial charge in [-0.1, -0.05) is 83.4 Å². The molecule has 1 spiro atoms. The summed E-state index contributed by atoms with van der Waals surface area (Å²) in [4.78, 5) is 173. The zero-order chi connectivity index (χ0) is 74.6. The molecule has 0 radical (unpaired) electrons. The number of benzene rings is 3. The number of ether oxygens (including phenoxy) is 2. The fourth-order valence-electron chi connectivity index (χ4n) is 11.7. The number of phenolic OH excluding ortho intramolecular Hbond substituents is 2. The number of nitrogens with one attached hydrogen (secondary N) is 9. The first-order valence-corrected chi connectivity index (χ1v) is 36.3. The molecule has 11 amide bonds. The van der Waals surface area contributed by atoms with E-state index >= 15 is 0 Å². The number of amides is 11. The summed E-state index contributed by atoms with van der Waals surface area (Å²) in [6.45, 7) is 14.5.